The molecule has 0 aliphatic rings. The molecule has 1 aromatic rings. The fourth-order valence-electron chi connectivity index (χ4n) is 1.17. The molecule has 6 nitrogen and oxygen atoms in total. The standard InChI is InChI=1S/C11H14N2O4S/c1-3-7(2)6-18-10-4-8(11(14)15)9(5-12-10)13(16)17/h4-5,7H,3,6H2,1-2H3,(H,14,15). The maximum Gasteiger partial charge on any atom is 0.342 e. The number of hydrogen-bond acceptors (Lipinski definition) is 5. The average molecular weight is 270 g/mol. The van der Waals surface area contributed by atoms with Crippen LogP contribution in [0.25, 0.3) is 0 Å². The number of hydrogen-bond donors (Lipinski definition) is 1. The third kappa shape index (κ3) is 3.69. The van der Waals surface area contributed by atoms with Gasteiger partial charge in [-0.25, -0.2) is 9.78 Å². The van der Waals surface area contributed by atoms with E-state index in [0.29, 0.717) is 10.9 Å². The van der Waals surface area contributed by atoms with Gasteiger partial charge in [0.05, 0.1) is 9.95 Å². The van der Waals surface area contributed by atoms with E-state index < -0.39 is 16.6 Å². The minimum Gasteiger partial charge on any atom is -0.477 e. The smallest absolute Gasteiger partial charge is 0.342 e. The monoisotopic (exact) mass is 270 g/mol. The van der Waals surface area contributed by atoms with E-state index in [1.165, 1.54) is 17.8 Å². The Morgan fingerprint density at radius 1 is 1.67 bits per heavy atom. The summed E-state index contributed by atoms with van der Waals surface area (Å²) in [5.74, 6) is -0.0184. The Labute approximate surface area is 109 Å². The summed E-state index contributed by atoms with van der Waals surface area (Å²) in [4.78, 5) is 24.7. The van der Waals surface area contributed by atoms with Crippen molar-refractivity contribution in [2.24, 2.45) is 5.92 Å². The molecule has 1 unspecified atom stereocenters. The van der Waals surface area contributed by atoms with E-state index in [1.54, 1.807) is 0 Å². The van der Waals surface area contributed by atoms with Crippen LogP contribution in [0.4, 0.5) is 5.69 Å². The molecule has 0 aromatic carbocycles. The van der Waals surface area contributed by atoms with Gasteiger partial charge in [-0.15, -0.1) is 11.8 Å². The van der Waals surface area contributed by atoms with Gasteiger partial charge in [-0.2, -0.15) is 0 Å². The number of aromatic nitrogens is 1. The number of nitro groups is 1. The van der Waals surface area contributed by atoms with E-state index in [-0.39, 0.29) is 5.56 Å². The molecule has 0 radical (unpaired) electrons. The molecule has 1 atom stereocenters. The Morgan fingerprint density at radius 3 is 2.83 bits per heavy atom. The zero-order chi connectivity index (χ0) is 13.7. The van der Waals surface area contributed by atoms with Crippen LogP contribution in [0.15, 0.2) is 17.3 Å². The lowest BCUT2D eigenvalue weighted by atomic mass is 10.2. The van der Waals surface area contributed by atoms with Gasteiger partial charge in [-0.1, -0.05) is 20.3 Å². The van der Waals surface area contributed by atoms with Crippen molar-refractivity contribution >= 4 is 23.4 Å². The quantitative estimate of drug-likeness (QED) is 0.485. The maximum absolute atomic E-state index is 10.9. The van der Waals surface area contributed by atoms with Crippen LogP contribution >= 0.6 is 11.8 Å². The van der Waals surface area contributed by atoms with Crippen LogP contribution in [-0.2, 0) is 0 Å². The number of aromatic carboxylic acids is 1. The lowest BCUT2D eigenvalue weighted by Crippen LogP contribution is -2.04. The van der Waals surface area contributed by atoms with Crippen LogP contribution in [0.3, 0.4) is 0 Å². The number of nitrogens with zero attached hydrogens (tertiary/aromatic N) is 2. The fraction of sp³-hybridized carbons (Fsp3) is 0.455. The van der Waals surface area contributed by atoms with E-state index in [1.807, 2.05) is 0 Å². The Kier molecular flexibility index (Phi) is 5.08. The predicted molar refractivity (Wildman–Crippen MR) is 68.0 cm³/mol. The van der Waals surface area contributed by atoms with Gasteiger partial charge < -0.3 is 5.11 Å². The van der Waals surface area contributed by atoms with E-state index in [0.717, 1.165) is 18.4 Å². The van der Waals surface area contributed by atoms with Crippen molar-refractivity contribution in [2.75, 3.05) is 5.75 Å². The normalized spacial score (nSPS) is 12.1. The SMILES string of the molecule is CCC(C)CSc1cc(C(=O)O)c([N+](=O)[O-])cn1. The third-order valence-corrected chi connectivity index (χ3v) is 3.75. The fourth-order valence-corrected chi connectivity index (χ4v) is 2.19. The molecule has 7 heteroatoms. The van der Waals surface area contributed by atoms with Crippen LogP contribution in [0.1, 0.15) is 30.6 Å². The Bertz CT molecular complexity index is 464. The van der Waals surface area contributed by atoms with Crippen molar-refractivity contribution in [3.05, 3.63) is 27.9 Å². The molecule has 0 spiro atoms. The molecule has 98 valence electrons. The molecular formula is C11H14N2O4S. The van der Waals surface area contributed by atoms with Gasteiger partial charge in [0.1, 0.15) is 11.8 Å². The molecule has 0 bridgehead atoms. The van der Waals surface area contributed by atoms with Crippen molar-refractivity contribution in [3.63, 3.8) is 0 Å². The van der Waals surface area contributed by atoms with E-state index in [4.69, 9.17) is 5.11 Å². The highest BCUT2D eigenvalue weighted by molar-refractivity contribution is 7.99. The summed E-state index contributed by atoms with van der Waals surface area (Å²) >= 11 is 1.41. The molecule has 0 saturated carbocycles. The van der Waals surface area contributed by atoms with Crippen LogP contribution in [0, 0.1) is 16.0 Å². The highest BCUT2D eigenvalue weighted by Crippen LogP contribution is 2.25. The lowest BCUT2D eigenvalue weighted by Gasteiger charge is -2.07. The highest BCUT2D eigenvalue weighted by Gasteiger charge is 2.21. The molecule has 0 aliphatic carbocycles. The summed E-state index contributed by atoms with van der Waals surface area (Å²) in [5, 5.41) is 20.1. The highest BCUT2D eigenvalue weighted by atomic mass is 32.2. The van der Waals surface area contributed by atoms with Gasteiger partial charge in [-0.3, -0.25) is 10.1 Å². The molecule has 0 aliphatic heterocycles. The number of carboxylic acid groups (broad SMARTS) is 1. The zero-order valence-electron chi connectivity index (χ0n) is 10.1. The van der Waals surface area contributed by atoms with E-state index in [9.17, 15) is 14.9 Å². The number of thioether (sulfide) groups is 1. The predicted octanol–water partition coefficient (Wildman–Crippen LogP) is 2.83. The molecule has 0 fully saturated rings. The summed E-state index contributed by atoms with van der Waals surface area (Å²) < 4.78 is 0. The summed E-state index contributed by atoms with van der Waals surface area (Å²) in [7, 11) is 0. The van der Waals surface area contributed by atoms with Gasteiger partial charge in [0, 0.05) is 5.75 Å². The molecule has 1 aromatic heterocycles. The topological polar surface area (TPSA) is 93.3 Å². The molecule has 1 rings (SSSR count). The first-order valence-corrected chi connectivity index (χ1v) is 6.44. The molecule has 1 heterocycles. The van der Waals surface area contributed by atoms with Crippen LogP contribution in [0.2, 0.25) is 0 Å². The van der Waals surface area contributed by atoms with E-state index in [2.05, 4.69) is 18.8 Å². The maximum atomic E-state index is 10.9. The zero-order valence-corrected chi connectivity index (χ0v) is 10.9. The summed E-state index contributed by atoms with van der Waals surface area (Å²) in [6, 6.07) is 1.26. The second-order valence-electron chi connectivity index (χ2n) is 3.93. The number of rotatable bonds is 6. The molecular weight excluding hydrogens is 256 g/mol. The van der Waals surface area contributed by atoms with Crippen LogP contribution in [0.5, 0.6) is 0 Å². The largest absolute Gasteiger partial charge is 0.477 e. The minimum absolute atomic E-state index is 0.318. The van der Waals surface area contributed by atoms with Crippen molar-refractivity contribution in [1.82, 2.24) is 4.98 Å². The van der Waals surface area contributed by atoms with Gasteiger partial charge in [-0.05, 0) is 12.0 Å². The molecule has 18 heavy (non-hydrogen) atoms. The van der Waals surface area contributed by atoms with Crippen molar-refractivity contribution in [3.8, 4) is 0 Å². The Hall–Kier alpha value is -1.63. The van der Waals surface area contributed by atoms with Crippen molar-refractivity contribution in [2.45, 2.75) is 25.3 Å². The first-order chi connectivity index (χ1) is 8.45. The second kappa shape index (κ2) is 6.34. The van der Waals surface area contributed by atoms with Gasteiger partial charge in [0.2, 0.25) is 0 Å². The molecule has 0 amide bonds. The van der Waals surface area contributed by atoms with Gasteiger partial charge >= 0.3 is 11.7 Å². The Morgan fingerprint density at radius 2 is 2.33 bits per heavy atom. The summed E-state index contributed by atoms with van der Waals surface area (Å²) in [5.41, 5.74) is -0.794. The molecule has 0 saturated heterocycles. The van der Waals surface area contributed by atoms with Gasteiger partial charge in [0.15, 0.2) is 0 Å². The first kappa shape index (κ1) is 14.4. The third-order valence-electron chi connectivity index (χ3n) is 2.50. The van der Waals surface area contributed by atoms with Crippen molar-refractivity contribution < 1.29 is 14.8 Å². The van der Waals surface area contributed by atoms with Crippen molar-refractivity contribution in [1.29, 1.82) is 0 Å². The van der Waals surface area contributed by atoms with E-state index >= 15 is 0 Å². The number of carboxylic acids is 1. The average Bonchev–Trinajstić information content (AvgIpc) is 2.35. The van der Waals surface area contributed by atoms with Crippen LogP contribution in [-0.4, -0.2) is 26.7 Å². The Balaban J connectivity index is 2.93. The summed E-state index contributed by atoms with van der Waals surface area (Å²) in [6.45, 7) is 4.15. The second-order valence-corrected chi connectivity index (χ2v) is 4.97. The number of carbonyl (C=O) groups is 1. The molecule has 1 N–H and O–H groups in total. The number of pyridine rings is 1. The minimum atomic E-state index is -1.31. The van der Waals surface area contributed by atoms with Gasteiger partial charge in [0.25, 0.3) is 0 Å². The summed E-state index contributed by atoms with van der Waals surface area (Å²) in [6.07, 6.45) is 2.02. The first-order valence-electron chi connectivity index (χ1n) is 5.46. The lowest BCUT2D eigenvalue weighted by molar-refractivity contribution is -0.385. The van der Waals surface area contributed by atoms with Crippen LogP contribution < -0.4 is 0 Å².